The van der Waals surface area contributed by atoms with Gasteiger partial charge in [0.05, 0.1) is 11.3 Å². The summed E-state index contributed by atoms with van der Waals surface area (Å²) in [5.41, 5.74) is 2.33. The molecule has 110 valence electrons. The lowest BCUT2D eigenvalue weighted by Crippen LogP contribution is -2.39. The van der Waals surface area contributed by atoms with Crippen LogP contribution in [0.4, 0.5) is 5.69 Å². The second-order valence-corrected chi connectivity index (χ2v) is 6.06. The van der Waals surface area contributed by atoms with Gasteiger partial charge in [-0.2, -0.15) is 11.8 Å². The number of aromatic nitrogens is 1. The van der Waals surface area contributed by atoms with Gasteiger partial charge in [-0.25, -0.2) is 0 Å². The predicted molar refractivity (Wildman–Crippen MR) is 84.6 cm³/mol. The fraction of sp³-hybridized carbons (Fsp3) is 0.571. The first-order chi connectivity index (χ1) is 9.70. The van der Waals surface area contributed by atoms with Gasteiger partial charge in [-0.1, -0.05) is 0 Å². The van der Waals surface area contributed by atoms with Crippen LogP contribution in [0.1, 0.15) is 16.1 Å². The minimum absolute atomic E-state index is 0.0618. The first-order valence-electron chi connectivity index (χ1n) is 6.93. The Kier molecular flexibility index (Phi) is 5.67. The maximum atomic E-state index is 12.2. The minimum Gasteiger partial charge on any atom is -0.387 e. The van der Waals surface area contributed by atoms with Crippen LogP contribution in [-0.4, -0.2) is 60.5 Å². The molecule has 6 heteroatoms. The molecule has 0 saturated carbocycles. The molecule has 1 aromatic rings. The van der Waals surface area contributed by atoms with Crippen molar-refractivity contribution in [2.45, 2.75) is 6.92 Å². The number of hydrogen-bond donors (Lipinski definition) is 2. The van der Waals surface area contributed by atoms with Crippen molar-refractivity contribution in [2.75, 3.05) is 50.0 Å². The highest BCUT2D eigenvalue weighted by Crippen LogP contribution is 2.14. The Labute approximate surface area is 124 Å². The van der Waals surface area contributed by atoms with E-state index in [1.807, 2.05) is 31.8 Å². The number of aryl methyl sites for hydroxylation is 1. The van der Waals surface area contributed by atoms with Gasteiger partial charge in [-0.3, -0.25) is 14.7 Å². The lowest BCUT2D eigenvalue weighted by molar-refractivity contribution is 0.0949. The summed E-state index contributed by atoms with van der Waals surface area (Å²) in [5.74, 6) is 2.33. The van der Waals surface area contributed by atoms with Crippen molar-refractivity contribution >= 4 is 23.4 Å². The predicted octanol–water partition coefficient (Wildman–Crippen LogP) is 1.21. The van der Waals surface area contributed by atoms with E-state index in [2.05, 4.69) is 20.5 Å². The number of nitrogens with one attached hydrogen (secondary N) is 2. The van der Waals surface area contributed by atoms with Gasteiger partial charge in [-0.05, 0) is 13.0 Å². The third kappa shape index (κ3) is 4.11. The van der Waals surface area contributed by atoms with Crippen molar-refractivity contribution in [3.63, 3.8) is 0 Å². The molecule has 20 heavy (non-hydrogen) atoms. The van der Waals surface area contributed by atoms with Crippen molar-refractivity contribution in [3.05, 3.63) is 23.5 Å². The summed E-state index contributed by atoms with van der Waals surface area (Å²) in [6, 6.07) is 1.89. The number of amides is 1. The molecular formula is C14H22N4OS. The maximum Gasteiger partial charge on any atom is 0.254 e. The normalized spacial score (nSPS) is 15.9. The van der Waals surface area contributed by atoms with Gasteiger partial charge < -0.3 is 10.6 Å². The smallest absolute Gasteiger partial charge is 0.254 e. The first kappa shape index (κ1) is 15.1. The van der Waals surface area contributed by atoms with E-state index in [0.29, 0.717) is 12.1 Å². The van der Waals surface area contributed by atoms with E-state index >= 15 is 0 Å². The molecule has 0 aromatic carbocycles. The van der Waals surface area contributed by atoms with Crippen LogP contribution in [0.3, 0.4) is 0 Å². The molecule has 1 aliphatic rings. The number of pyridine rings is 1. The second-order valence-electron chi connectivity index (χ2n) is 4.83. The summed E-state index contributed by atoms with van der Waals surface area (Å²) in [5, 5.41) is 6.02. The molecule has 0 unspecified atom stereocenters. The Hall–Kier alpha value is -1.27. The van der Waals surface area contributed by atoms with Gasteiger partial charge in [0.25, 0.3) is 5.91 Å². The minimum atomic E-state index is -0.0618. The molecule has 1 saturated heterocycles. The van der Waals surface area contributed by atoms with Crippen LogP contribution in [0.5, 0.6) is 0 Å². The number of anilines is 1. The largest absolute Gasteiger partial charge is 0.387 e. The molecule has 1 amide bonds. The van der Waals surface area contributed by atoms with Crippen molar-refractivity contribution in [3.8, 4) is 0 Å². The van der Waals surface area contributed by atoms with Crippen molar-refractivity contribution in [1.82, 2.24) is 15.2 Å². The van der Waals surface area contributed by atoms with Crippen LogP contribution < -0.4 is 10.6 Å². The van der Waals surface area contributed by atoms with E-state index < -0.39 is 0 Å². The molecule has 1 fully saturated rings. The fourth-order valence-electron chi connectivity index (χ4n) is 2.20. The zero-order valence-corrected chi connectivity index (χ0v) is 12.9. The number of carbonyl (C=O) groups excluding carboxylic acids is 1. The highest BCUT2D eigenvalue weighted by Gasteiger charge is 2.13. The highest BCUT2D eigenvalue weighted by atomic mass is 32.2. The van der Waals surface area contributed by atoms with Crippen LogP contribution >= 0.6 is 11.8 Å². The Morgan fingerprint density at radius 1 is 1.45 bits per heavy atom. The van der Waals surface area contributed by atoms with Crippen molar-refractivity contribution in [2.24, 2.45) is 0 Å². The summed E-state index contributed by atoms with van der Waals surface area (Å²) >= 11 is 2.00. The fourth-order valence-corrected chi connectivity index (χ4v) is 3.17. The molecule has 2 heterocycles. The Bertz CT molecular complexity index is 460. The van der Waals surface area contributed by atoms with Crippen LogP contribution in [0.25, 0.3) is 0 Å². The molecule has 5 nitrogen and oxygen atoms in total. The number of nitrogens with zero attached hydrogens (tertiary/aromatic N) is 2. The van der Waals surface area contributed by atoms with E-state index in [4.69, 9.17) is 0 Å². The van der Waals surface area contributed by atoms with E-state index in [1.54, 1.807) is 6.20 Å². The van der Waals surface area contributed by atoms with E-state index in [0.717, 1.165) is 31.0 Å². The molecule has 2 N–H and O–H groups in total. The number of carbonyl (C=O) groups is 1. The van der Waals surface area contributed by atoms with Crippen molar-refractivity contribution < 1.29 is 4.79 Å². The molecule has 0 spiro atoms. The summed E-state index contributed by atoms with van der Waals surface area (Å²) in [6.45, 7) is 5.75. The molecular weight excluding hydrogens is 272 g/mol. The van der Waals surface area contributed by atoms with Crippen molar-refractivity contribution in [1.29, 1.82) is 0 Å². The standard InChI is InChI=1S/C14H22N4OS/c1-11-9-13(15-2)12(10-17-11)14(19)16-3-4-18-5-7-20-8-6-18/h9-10H,3-8H2,1-2H3,(H,15,17)(H,16,19). The lowest BCUT2D eigenvalue weighted by atomic mass is 10.2. The van der Waals surface area contributed by atoms with Gasteiger partial charge in [0.2, 0.25) is 0 Å². The average Bonchev–Trinajstić information content (AvgIpc) is 2.48. The second kappa shape index (κ2) is 7.50. The van der Waals surface area contributed by atoms with Gasteiger partial charge >= 0.3 is 0 Å². The first-order valence-corrected chi connectivity index (χ1v) is 8.09. The lowest BCUT2D eigenvalue weighted by Gasteiger charge is -2.26. The van der Waals surface area contributed by atoms with Gasteiger partial charge in [0.1, 0.15) is 0 Å². The third-order valence-corrected chi connectivity index (χ3v) is 4.31. The van der Waals surface area contributed by atoms with E-state index in [9.17, 15) is 4.79 Å². The molecule has 1 aromatic heterocycles. The maximum absolute atomic E-state index is 12.2. The topological polar surface area (TPSA) is 57.3 Å². The summed E-state index contributed by atoms with van der Waals surface area (Å²) in [6.07, 6.45) is 1.63. The number of thioether (sulfide) groups is 1. The molecule has 0 bridgehead atoms. The van der Waals surface area contributed by atoms with Crippen LogP contribution in [0, 0.1) is 6.92 Å². The Morgan fingerprint density at radius 2 is 2.20 bits per heavy atom. The van der Waals surface area contributed by atoms with Crippen LogP contribution in [-0.2, 0) is 0 Å². The number of rotatable bonds is 5. The quantitative estimate of drug-likeness (QED) is 0.855. The molecule has 0 aliphatic carbocycles. The SMILES string of the molecule is CNc1cc(C)ncc1C(=O)NCCN1CCSCC1. The van der Waals surface area contributed by atoms with Crippen LogP contribution in [0.15, 0.2) is 12.3 Å². The van der Waals surface area contributed by atoms with Crippen LogP contribution in [0.2, 0.25) is 0 Å². The van der Waals surface area contributed by atoms with E-state index in [-0.39, 0.29) is 5.91 Å². The average molecular weight is 294 g/mol. The Balaban J connectivity index is 1.85. The zero-order valence-electron chi connectivity index (χ0n) is 12.1. The molecule has 1 aliphatic heterocycles. The summed E-state index contributed by atoms with van der Waals surface area (Å²) in [4.78, 5) is 18.7. The highest BCUT2D eigenvalue weighted by molar-refractivity contribution is 7.99. The third-order valence-electron chi connectivity index (χ3n) is 3.37. The van der Waals surface area contributed by atoms with E-state index in [1.165, 1.54) is 11.5 Å². The molecule has 0 atom stereocenters. The summed E-state index contributed by atoms with van der Waals surface area (Å²) in [7, 11) is 1.82. The van der Waals surface area contributed by atoms with Gasteiger partial charge in [-0.15, -0.1) is 0 Å². The summed E-state index contributed by atoms with van der Waals surface area (Å²) < 4.78 is 0. The Morgan fingerprint density at radius 3 is 2.90 bits per heavy atom. The molecule has 0 radical (unpaired) electrons. The number of hydrogen-bond acceptors (Lipinski definition) is 5. The van der Waals surface area contributed by atoms with Gasteiger partial charge in [0.15, 0.2) is 0 Å². The zero-order chi connectivity index (χ0) is 14.4. The molecule has 2 rings (SSSR count). The van der Waals surface area contributed by atoms with Gasteiger partial charge in [0, 0.05) is 56.6 Å². The monoisotopic (exact) mass is 294 g/mol.